The highest BCUT2D eigenvalue weighted by Crippen LogP contribution is 2.22. The first-order chi connectivity index (χ1) is 11.2. The van der Waals surface area contributed by atoms with E-state index in [2.05, 4.69) is 25.5 Å². The number of hydrogen-bond donors (Lipinski definition) is 1. The van der Waals surface area contributed by atoms with Crippen LogP contribution in [0.1, 0.15) is 24.8 Å². The van der Waals surface area contributed by atoms with Crippen LogP contribution in [0.25, 0.3) is 0 Å². The topological polar surface area (TPSA) is 75.9 Å². The predicted octanol–water partition coefficient (Wildman–Crippen LogP) is 0.928. The normalized spacial score (nSPS) is 17.4. The van der Waals surface area contributed by atoms with Crippen LogP contribution in [-0.2, 0) is 18.3 Å². The molecular weight excluding hydrogens is 292 g/mol. The van der Waals surface area contributed by atoms with Crippen LogP contribution >= 0.6 is 0 Å². The van der Waals surface area contributed by atoms with Crippen molar-refractivity contribution in [3.63, 3.8) is 0 Å². The highest BCUT2D eigenvalue weighted by molar-refractivity contribution is 5.76. The quantitative estimate of drug-likeness (QED) is 0.858. The number of carbonyl (C=O) groups is 1. The first-order valence-electron chi connectivity index (χ1n) is 8.01. The van der Waals surface area contributed by atoms with Crippen molar-refractivity contribution in [3.8, 4) is 0 Å². The molecule has 1 aliphatic rings. The van der Waals surface area contributed by atoms with Gasteiger partial charge in [0.15, 0.2) is 5.82 Å². The minimum Gasteiger partial charge on any atom is -0.354 e. The molecule has 1 saturated heterocycles. The van der Waals surface area contributed by atoms with E-state index in [1.54, 1.807) is 17.1 Å². The first-order valence-corrected chi connectivity index (χ1v) is 8.01. The molecule has 0 radical (unpaired) electrons. The zero-order valence-corrected chi connectivity index (χ0v) is 13.4. The van der Waals surface area contributed by atoms with Crippen molar-refractivity contribution in [2.75, 3.05) is 18.0 Å². The molecule has 0 aliphatic carbocycles. The maximum atomic E-state index is 12.0. The summed E-state index contributed by atoms with van der Waals surface area (Å²) in [6.45, 7) is 1.62. The Morgan fingerprint density at radius 3 is 3.13 bits per heavy atom. The van der Waals surface area contributed by atoms with Crippen molar-refractivity contribution in [3.05, 3.63) is 36.3 Å². The summed E-state index contributed by atoms with van der Waals surface area (Å²) in [5, 5.41) is 15.3. The van der Waals surface area contributed by atoms with Gasteiger partial charge in [-0.15, -0.1) is 5.10 Å². The molecule has 1 unspecified atom stereocenters. The van der Waals surface area contributed by atoms with Crippen LogP contribution in [0.2, 0.25) is 0 Å². The van der Waals surface area contributed by atoms with Crippen LogP contribution < -0.4 is 10.2 Å². The standard InChI is InChI=1S/C16H22N6O/c1-21-12-13(10-19-21)6-7-16(23)17-11-14-4-3-9-22(14)15-5-2-8-18-20-15/h2,5,8,10,12,14H,3-4,6-7,9,11H2,1H3,(H,17,23). The van der Waals surface area contributed by atoms with E-state index in [0.29, 0.717) is 19.0 Å². The van der Waals surface area contributed by atoms with Gasteiger partial charge in [0.25, 0.3) is 0 Å². The molecule has 1 amide bonds. The van der Waals surface area contributed by atoms with E-state index < -0.39 is 0 Å². The van der Waals surface area contributed by atoms with Gasteiger partial charge in [0.2, 0.25) is 5.91 Å². The van der Waals surface area contributed by atoms with Gasteiger partial charge in [-0.1, -0.05) is 0 Å². The number of aryl methyl sites for hydroxylation is 2. The summed E-state index contributed by atoms with van der Waals surface area (Å²) >= 11 is 0. The molecule has 7 heteroatoms. The number of anilines is 1. The molecule has 3 rings (SSSR count). The molecule has 2 aromatic rings. The lowest BCUT2D eigenvalue weighted by Crippen LogP contribution is -2.40. The third-order valence-electron chi connectivity index (χ3n) is 4.16. The molecule has 0 aromatic carbocycles. The van der Waals surface area contributed by atoms with Crippen LogP contribution in [0.5, 0.6) is 0 Å². The molecule has 1 atom stereocenters. The smallest absolute Gasteiger partial charge is 0.220 e. The van der Waals surface area contributed by atoms with Crippen molar-refractivity contribution in [1.29, 1.82) is 0 Å². The SMILES string of the molecule is Cn1cc(CCC(=O)NCC2CCCN2c2cccnn2)cn1. The zero-order valence-electron chi connectivity index (χ0n) is 13.4. The summed E-state index contributed by atoms with van der Waals surface area (Å²) in [6, 6.07) is 4.16. The van der Waals surface area contributed by atoms with Crippen molar-refractivity contribution in [2.45, 2.75) is 31.7 Å². The monoisotopic (exact) mass is 314 g/mol. The average molecular weight is 314 g/mol. The number of rotatable bonds is 6. The van der Waals surface area contributed by atoms with Gasteiger partial charge in [-0.2, -0.15) is 10.2 Å². The maximum Gasteiger partial charge on any atom is 0.220 e. The Bertz CT molecular complexity index is 641. The van der Waals surface area contributed by atoms with Gasteiger partial charge in [-0.3, -0.25) is 9.48 Å². The van der Waals surface area contributed by atoms with Gasteiger partial charge in [-0.05, 0) is 37.0 Å². The summed E-state index contributed by atoms with van der Waals surface area (Å²) < 4.78 is 1.75. The van der Waals surface area contributed by atoms with Gasteiger partial charge < -0.3 is 10.2 Å². The second kappa shape index (κ2) is 7.21. The molecular formula is C16H22N6O. The first kappa shape index (κ1) is 15.5. The fourth-order valence-electron chi connectivity index (χ4n) is 2.97. The second-order valence-electron chi connectivity index (χ2n) is 5.90. The van der Waals surface area contributed by atoms with Crippen molar-refractivity contribution in [2.24, 2.45) is 7.05 Å². The van der Waals surface area contributed by atoms with E-state index in [9.17, 15) is 4.79 Å². The Balaban J connectivity index is 1.46. The summed E-state index contributed by atoms with van der Waals surface area (Å²) in [7, 11) is 1.88. The highest BCUT2D eigenvalue weighted by atomic mass is 16.1. The van der Waals surface area contributed by atoms with Crippen LogP contribution in [0, 0.1) is 0 Å². The number of amides is 1. The number of nitrogens with zero attached hydrogens (tertiary/aromatic N) is 5. The molecule has 0 spiro atoms. The third-order valence-corrected chi connectivity index (χ3v) is 4.16. The third kappa shape index (κ3) is 4.06. The predicted molar refractivity (Wildman–Crippen MR) is 86.9 cm³/mol. The Labute approximate surface area is 135 Å². The lowest BCUT2D eigenvalue weighted by atomic mass is 10.2. The minimum absolute atomic E-state index is 0.0832. The summed E-state index contributed by atoms with van der Waals surface area (Å²) in [6.07, 6.45) is 8.82. The molecule has 3 heterocycles. The van der Waals surface area contributed by atoms with Crippen LogP contribution in [0.4, 0.5) is 5.82 Å². The number of hydrogen-bond acceptors (Lipinski definition) is 5. The van der Waals surface area contributed by atoms with Crippen LogP contribution in [0.3, 0.4) is 0 Å². The number of carbonyl (C=O) groups excluding carboxylic acids is 1. The van der Waals surface area contributed by atoms with Gasteiger partial charge in [-0.25, -0.2) is 0 Å². The van der Waals surface area contributed by atoms with Gasteiger partial charge in [0.05, 0.1) is 6.20 Å². The highest BCUT2D eigenvalue weighted by Gasteiger charge is 2.25. The lowest BCUT2D eigenvalue weighted by molar-refractivity contribution is -0.121. The van der Waals surface area contributed by atoms with Crippen molar-refractivity contribution >= 4 is 11.7 Å². The molecule has 1 fully saturated rings. The van der Waals surface area contributed by atoms with Gasteiger partial charge >= 0.3 is 0 Å². The summed E-state index contributed by atoms with van der Waals surface area (Å²) in [5.41, 5.74) is 1.09. The van der Waals surface area contributed by atoms with Gasteiger partial charge in [0.1, 0.15) is 0 Å². The zero-order chi connectivity index (χ0) is 16.1. The van der Waals surface area contributed by atoms with Crippen molar-refractivity contribution < 1.29 is 4.79 Å². The molecule has 2 aromatic heterocycles. The van der Waals surface area contributed by atoms with Gasteiger partial charge in [0, 0.05) is 45.0 Å². The number of aromatic nitrogens is 4. The summed E-state index contributed by atoms with van der Waals surface area (Å²) in [5.74, 6) is 0.972. The Morgan fingerprint density at radius 2 is 2.39 bits per heavy atom. The Morgan fingerprint density at radius 1 is 1.48 bits per heavy atom. The summed E-state index contributed by atoms with van der Waals surface area (Å²) in [4.78, 5) is 14.3. The van der Waals surface area contributed by atoms with E-state index in [1.165, 1.54) is 0 Å². The lowest BCUT2D eigenvalue weighted by Gasteiger charge is -2.25. The molecule has 23 heavy (non-hydrogen) atoms. The Kier molecular flexibility index (Phi) is 4.85. The van der Waals surface area contributed by atoms with Crippen LogP contribution in [0.15, 0.2) is 30.7 Å². The largest absolute Gasteiger partial charge is 0.354 e. The average Bonchev–Trinajstić information content (AvgIpc) is 3.20. The fourth-order valence-corrected chi connectivity index (χ4v) is 2.97. The van der Waals surface area contributed by atoms with Crippen molar-refractivity contribution in [1.82, 2.24) is 25.3 Å². The Hall–Kier alpha value is -2.44. The maximum absolute atomic E-state index is 12.0. The van der Waals surface area contributed by atoms with E-state index >= 15 is 0 Å². The minimum atomic E-state index is 0.0832. The fraction of sp³-hybridized carbons (Fsp3) is 0.500. The van der Waals surface area contributed by atoms with E-state index in [-0.39, 0.29) is 5.91 Å². The molecule has 0 saturated carbocycles. The van der Waals surface area contributed by atoms with E-state index in [1.807, 2.05) is 25.4 Å². The molecule has 1 N–H and O–H groups in total. The van der Waals surface area contributed by atoms with E-state index in [4.69, 9.17) is 0 Å². The van der Waals surface area contributed by atoms with Crippen LogP contribution in [-0.4, -0.2) is 45.0 Å². The molecule has 122 valence electrons. The van der Waals surface area contributed by atoms with E-state index in [0.717, 1.165) is 37.2 Å². The molecule has 0 bridgehead atoms. The second-order valence-corrected chi connectivity index (χ2v) is 5.90. The molecule has 1 aliphatic heterocycles. The molecule has 7 nitrogen and oxygen atoms in total. The number of nitrogens with one attached hydrogen (secondary N) is 1.